The molecule has 1 saturated heterocycles. The quantitative estimate of drug-likeness (QED) is 0.210. The number of carboxylic acid groups (broad SMARTS) is 1. The number of aliphatic carboxylic acids is 1. The lowest BCUT2D eigenvalue weighted by Gasteiger charge is -2.47. The zero-order valence-corrected chi connectivity index (χ0v) is 24.4. The normalized spacial score (nSPS) is 23.8. The SMILES string of the molecule is CCSCCCO[C@]1(C(=O)O)C[C@H](O)[C@@H](NC(C)=O)C([C@H](C)[C@H](O)CNC(=O)c2ccc(-c3ccccc3)cc2)O1. The number of amides is 2. The van der Waals surface area contributed by atoms with Crippen molar-refractivity contribution in [3.8, 4) is 11.1 Å². The van der Waals surface area contributed by atoms with Gasteiger partial charge in [0.2, 0.25) is 5.91 Å². The predicted octanol–water partition coefficient (Wildman–Crippen LogP) is 2.68. The highest BCUT2D eigenvalue weighted by molar-refractivity contribution is 7.99. The second kappa shape index (κ2) is 15.3. The Morgan fingerprint density at radius 1 is 1.12 bits per heavy atom. The first-order valence-corrected chi connectivity index (χ1v) is 14.9. The van der Waals surface area contributed by atoms with Crippen molar-refractivity contribution in [3.63, 3.8) is 0 Å². The zero-order chi connectivity index (χ0) is 30.0. The Balaban J connectivity index is 1.69. The van der Waals surface area contributed by atoms with Gasteiger partial charge in [-0.05, 0) is 41.2 Å². The zero-order valence-electron chi connectivity index (χ0n) is 23.6. The Hall–Kier alpha value is -2.96. The molecule has 1 heterocycles. The van der Waals surface area contributed by atoms with Crippen molar-refractivity contribution >= 4 is 29.5 Å². The molecule has 0 bridgehead atoms. The third-order valence-electron chi connectivity index (χ3n) is 7.09. The summed E-state index contributed by atoms with van der Waals surface area (Å²) < 4.78 is 11.7. The van der Waals surface area contributed by atoms with Crippen LogP contribution in [0.2, 0.25) is 0 Å². The number of carbonyl (C=O) groups excluding carboxylic acids is 2. The average molecular weight is 589 g/mol. The molecule has 1 fully saturated rings. The van der Waals surface area contributed by atoms with Crippen molar-refractivity contribution in [3.05, 3.63) is 60.2 Å². The first-order valence-electron chi connectivity index (χ1n) is 13.8. The van der Waals surface area contributed by atoms with Crippen molar-refractivity contribution in [2.24, 2.45) is 5.92 Å². The van der Waals surface area contributed by atoms with Crippen LogP contribution < -0.4 is 10.6 Å². The van der Waals surface area contributed by atoms with Gasteiger partial charge < -0.3 is 35.4 Å². The van der Waals surface area contributed by atoms with Crippen LogP contribution in [-0.4, -0.2) is 87.9 Å². The monoisotopic (exact) mass is 588 g/mol. The number of rotatable bonds is 14. The number of carbonyl (C=O) groups is 3. The summed E-state index contributed by atoms with van der Waals surface area (Å²) in [4.78, 5) is 37.0. The van der Waals surface area contributed by atoms with Gasteiger partial charge in [-0.2, -0.15) is 11.8 Å². The molecule has 2 amide bonds. The second-order valence-electron chi connectivity index (χ2n) is 10.1. The molecule has 1 unspecified atom stereocenters. The minimum atomic E-state index is -2.15. The molecule has 0 aliphatic carbocycles. The summed E-state index contributed by atoms with van der Waals surface area (Å²) in [6.07, 6.45) is -3.44. The number of hydrogen-bond acceptors (Lipinski definition) is 8. The molecule has 5 N–H and O–H groups in total. The van der Waals surface area contributed by atoms with Gasteiger partial charge in [-0.25, -0.2) is 4.79 Å². The number of nitrogens with one attached hydrogen (secondary N) is 2. The molecule has 2 aromatic carbocycles. The summed E-state index contributed by atoms with van der Waals surface area (Å²) in [6.45, 7) is 4.83. The van der Waals surface area contributed by atoms with E-state index in [-0.39, 0.29) is 13.2 Å². The van der Waals surface area contributed by atoms with Crippen molar-refractivity contribution < 1.29 is 39.2 Å². The second-order valence-corrected chi connectivity index (χ2v) is 11.5. The van der Waals surface area contributed by atoms with Crippen LogP contribution in [0.5, 0.6) is 0 Å². The maximum atomic E-state index is 12.8. The van der Waals surface area contributed by atoms with E-state index < -0.39 is 60.3 Å². The lowest BCUT2D eigenvalue weighted by Crippen LogP contribution is -2.66. The van der Waals surface area contributed by atoms with Gasteiger partial charge in [0, 0.05) is 31.4 Å². The summed E-state index contributed by atoms with van der Waals surface area (Å²) in [5.41, 5.74) is 2.39. The number of hydrogen-bond donors (Lipinski definition) is 5. The first-order chi connectivity index (χ1) is 19.6. The molecule has 3 rings (SSSR count). The Labute approximate surface area is 244 Å². The van der Waals surface area contributed by atoms with E-state index in [0.717, 1.165) is 22.6 Å². The van der Waals surface area contributed by atoms with E-state index in [9.17, 15) is 29.7 Å². The van der Waals surface area contributed by atoms with E-state index in [1.54, 1.807) is 30.8 Å². The summed E-state index contributed by atoms with van der Waals surface area (Å²) in [7, 11) is 0. The minimum absolute atomic E-state index is 0.0968. The van der Waals surface area contributed by atoms with Crippen molar-refractivity contribution in [2.75, 3.05) is 24.7 Å². The van der Waals surface area contributed by atoms with Crippen LogP contribution in [0.1, 0.15) is 44.0 Å². The number of thioether (sulfide) groups is 1. The minimum Gasteiger partial charge on any atom is -0.477 e. The van der Waals surface area contributed by atoms with Gasteiger partial charge >= 0.3 is 5.97 Å². The van der Waals surface area contributed by atoms with Crippen LogP contribution in [0.3, 0.4) is 0 Å². The molecule has 0 spiro atoms. The van der Waals surface area contributed by atoms with Crippen molar-refractivity contribution in [2.45, 2.75) is 63.8 Å². The molecular weight excluding hydrogens is 548 g/mol. The van der Waals surface area contributed by atoms with Gasteiger partial charge in [0.05, 0.1) is 31.0 Å². The molecule has 2 aromatic rings. The fourth-order valence-corrected chi connectivity index (χ4v) is 5.40. The topological polar surface area (TPSA) is 154 Å². The van der Waals surface area contributed by atoms with E-state index in [1.165, 1.54) is 6.92 Å². The van der Waals surface area contributed by atoms with Crippen LogP contribution in [0.4, 0.5) is 0 Å². The van der Waals surface area contributed by atoms with E-state index in [1.807, 2.05) is 49.4 Å². The van der Waals surface area contributed by atoms with Crippen LogP contribution >= 0.6 is 11.8 Å². The summed E-state index contributed by atoms with van der Waals surface area (Å²) >= 11 is 1.69. The molecule has 41 heavy (non-hydrogen) atoms. The fraction of sp³-hybridized carbons (Fsp3) is 0.500. The Morgan fingerprint density at radius 3 is 2.39 bits per heavy atom. The molecule has 0 saturated carbocycles. The Morgan fingerprint density at radius 2 is 1.78 bits per heavy atom. The Bertz CT molecular complexity index is 1150. The van der Waals surface area contributed by atoms with Gasteiger partial charge in [-0.15, -0.1) is 0 Å². The van der Waals surface area contributed by atoms with Gasteiger partial charge in [0.25, 0.3) is 11.7 Å². The fourth-order valence-electron chi connectivity index (χ4n) is 4.79. The predicted molar refractivity (Wildman–Crippen MR) is 156 cm³/mol. The van der Waals surface area contributed by atoms with Crippen LogP contribution in [0.25, 0.3) is 11.1 Å². The average Bonchev–Trinajstić information content (AvgIpc) is 2.96. The molecule has 1 aliphatic rings. The molecule has 10 nitrogen and oxygen atoms in total. The molecule has 224 valence electrons. The molecule has 0 radical (unpaired) electrons. The van der Waals surface area contributed by atoms with E-state index in [0.29, 0.717) is 12.0 Å². The lowest BCUT2D eigenvalue weighted by atomic mass is 9.84. The van der Waals surface area contributed by atoms with Crippen LogP contribution in [0, 0.1) is 5.92 Å². The molecule has 11 heteroatoms. The smallest absolute Gasteiger partial charge is 0.364 e. The lowest BCUT2D eigenvalue weighted by molar-refractivity contribution is -0.304. The number of benzene rings is 2. The number of aliphatic hydroxyl groups is 2. The highest BCUT2D eigenvalue weighted by Crippen LogP contribution is 2.35. The van der Waals surface area contributed by atoms with Gasteiger partial charge in [0.1, 0.15) is 0 Å². The van der Waals surface area contributed by atoms with Gasteiger partial charge in [-0.3, -0.25) is 9.59 Å². The molecule has 1 aliphatic heterocycles. The van der Waals surface area contributed by atoms with Gasteiger partial charge in [-0.1, -0.05) is 56.3 Å². The van der Waals surface area contributed by atoms with E-state index in [4.69, 9.17) is 9.47 Å². The number of carboxylic acids is 1. The van der Waals surface area contributed by atoms with Gasteiger partial charge in [0.15, 0.2) is 0 Å². The van der Waals surface area contributed by atoms with E-state index in [2.05, 4.69) is 10.6 Å². The van der Waals surface area contributed by atoms with E-state index >= 15 is 0 Å². The number of ether oxygens (including phenoxy) is 2. The largest absolute Gasteiger partial charge is 0.477 e. The molecule has 6 atom stereocenters. The van der Waals surface area contributed by atoms with Crippen molar-refractivity contribution in [1.29, 1.82) is 0 Å². The van der Waals surface area contributed by atoms with Crippen LogP contribution in [0.15, 0.2) is 54.6 Å². The standard InChI is InChI=1S/C30H40N2O8S/c1-4-41-16-8-15-39-30(29(37)38)17-24(34)26(32-20(3)33)27(40-30)19(2)25(35)18-31-28(36)23-13-11-22(12-14-23)21-9-6-5-7-10-21/h5-7,9-14,19,24-27,34-35H,4,8,15-18H2,1-3H3,(H,31,36)(H,32,33)(H,37,38)/t19-,24+,25-,26-,27?,30-/m1/s1. The summed E-state index contributed by atoms with van der Waals surface area (Å²) in [6, 6.07) is 15.8. The number of aliphatic hydroxyl groups excluding tert-OH is 2. The molecule has 0 aromatic heterocycles. The summed E-state index contributed by atoms with van der Waals surface area (Å²) in [5.74, 6) is -3.50. The maximum Gasteiger partial charge on any atom is 0.364 e. The third kappa shape index (κ3) is 8.76. The first kappa shape index (κ1) is 32.6. The third-order valence-corrected chi connectivity index (χ3v) is 8.08. The van der Waals surface area contributed by atoms with Crippen molar-refractivity contribution in [1.82, 2.24) is 10.6 Å². The highest BCUT2D eigenvalue weighted by atomic mass is 32.2. The van der Waals surface area contributed by atoms with Crippen LogP contribution in [-0.2, 0) is 19.1 Å². The Kier molecular flexibility index (Phi) is 12.2. The summed E-state index contributed by atoms with van der Waals surface area (Å²) in [5, 5.41) is 37.3. The highest BCUT2D eigenvalue weighted by Gasteiger charge is 2.55. The molecular formula is C30H40N2O8S. The maximum absolute atomic E-state index is 12.8.